The van der Waals surface area contributed by atoms with E-state index in [0.717, 1.165) is 24.5 Å². The van der Waals surface area contributed by atoms with Crippen LogP contribution in [0.3, 0.4) is 0 Å². The third-order valence-electron chi connectivity index (χ3n) is 4.93. The summed E-state index contributed by atoms with van der Waals surface area (Å²) >= 11 is 5.95. The van der Waals surface area contributed by atoms with E-state index in [1.54, 1.807) is 12.1 Å². The van der Waals surface area contributed by atoms with Gasteiger partial charge in [0.05, 0.1) is 11.6 Å². The summed E-state index contributed by atoms with van der Waals surface area (Å²) in [6, 6.07) is 17.7. The summed E-state index contributed by atoms with van der Waals surface area (Å²) < 4.78 is 5.68. The van der Waals surface area contributed by atoms with Gasteiger partial charge in [-0.3, -0.25) is 4.90 Å². The van der Waals surface area contributed by atoms with E-state index >= 15 is 0 Å². The molecule has 154 valence electrons. The van der Waals surface area contributed by atoms with Crippen molar-refractivity contribution in [1.82, 2.24) is 10.2 Å². The highest BCUT2D eigenvalue weighted by atomic mass is 35.5. The normalized spacial score (nSPS) is 20.4. The maximum atomic E-state index is 12.3. The number of nitrogens with one attached hydrogen (secondary N) is 1. The molecule has 0 amide bonds. The van der Waals surface area contributed by atoms with Crippen molar-refractivity contribution in [3.63, 3.8) is 0 Å². The van der Waals surface area contributed by atoms with Crippen LogP contribution >= 0.6 is 36.4 Å². The highest BCUT2D eigenvalue weighted by Gasteiger charge is 2.31. The Morgan fingerprint density at radius 3 is 2.43 bits per heavy atom. The maximum Gasteiger partial charge on any atom is 0.338 e. The minimum absolute atomic E-state index is 0. The molecule has 1 N–H and O–H groups in total. The molecular weight excluding hydrogens is 419 g/mol. The number of rotatable bonds is 5. The maximum absolute atomic E-state index is 12.3. The van der Waals surface area contributed by atoms with Crippen molar-refractivity contribution in [2.75, 3.05) is 20.1 Å². The van der Waals surface area contributed by atoms with Crippen LogP contribution in [0.2, 0.25) is 5.02 Å². The van der Waals surface area contributed by atoms with E-state index in [4.69, 9.17) is 16.3 Å². The number of nitrogens with zero attached hydrogens (tertiary/aromatic N) is 1. The molecule has 0 aliphatic carbocycles. The number of carbonyl (C=O) groups is 1. The van der Waals surface area contributed by atoms with E-state index in [-0.39, 0.29) is 42.9 Å². The molecule has 7 heteroatoms. The molecule has 2 aromatic carbocycles. The van der Waals surface area contributed by atoms with Gasteiger partial charge < -0.3 is 10.1 Å². The van der Waals surface area contributed by atoms with Gasteiger partial charge in [-0.05, 0) is 50.2 Å². The molecule has 0 spiro atoms. The zero-order valence-electron chi connectivity index (χ0n) is 16.0. The molecule has 28 heavy (non-hydrogen) atoms. The first-order valence-electron chi connectivity index (χ1n) is 8.97. The fourth-order valence-corrected chi connectivity index (χ4v) is 3.57. The lowest BCUT2D eigenvalue weighted by Gasteiger charge is -2.40. The number of halogens is 3. The van der Waals surface area contributed by atoms with Crippen LogP contribution in [-0.2, 0) is 11.2 Å². The fraction of sp³-hybridized carbons (Fsp3) is 0.381. The van der Waals surface area contributed by atoms with E-state index in [0.29, 0.717) is 11.6 Å². The monoisotopic (exact) mass is 444 g/mol. The van der Waals surface area contributed by atoms with Crippen LogP contribution in [0.5, 0.6) is 0 Å². The van der Waals surface area contributed by atoms with Crippen molar-refractivity contribution in [3.05, 3.63) is 70.7 Å². The molecule has 3 atom stereocenters. The molecule has 3 rings (SSSR count). The summed E-state index contributed by atoms with van der Waals surface area (Å²) in [5.74, 6) is -0.269. The van der Waals surface area contributed by atoms with E-state index in [1.807, 2.05) is 37.3 Å². The van der Waals surface area contributed by atoms with Crippen molar-refractivity contribution in [2.24, 2.45) is 0 Å². The number of benzene rings is 2. The standard InChI is InChI=1S/C21H25ClN2O2.2ClH/c1-15(26-21(25)17-6-4-3-5-7-17)20-13-23-19(14-24(20)2)12-16-8-10-18(22)11-9-16;;/h3-11,15,19-20,23H,12-14H2,1-2H3;2*1H/t15-,19+,20-;;/m1../s1. The Bertz CT molecular complexity index is 728. The SMILES string of the molecule is C[C@@H](OC(=O)c1ccccc1)[C@H]1CN[C@@H](Cc2ccc(Cl)cc2)CN1C.Cl.Cl. The van der Waals surface area contributed by atoms with Gasteiger partial charge >= 0.3 is 5.97 Å². The van der Waals surface area contributed by atoms with Crippen LogP contribution < -0.4 is 5.32 Å². The Labute approximate surface area is 184 Å². The van der Waals surface area contributed by atoms with Crippen LogP contribution in [0.25, 0.3) is 0 Å². The Morgan fingerprint density at radius 1 is 1.18 bits per heavy atom. The first kappa shape index (κ1) is 24.7. The largest absolute Gasteiger partial charge is 0.457 e. The molecule has 0 bridgehead atoms. The second-order valence-electron chi connectivity index (χ2n) is 6.92. The van der Waals surface area contributed by atoms with Crippen molar-refractivity contribution >= 4 is 42.4 Å². The molecule has 0 radical (unpaired) electrons. The van der Waals surface area contributed by atoms with Gasteiger partial charge in [0, 0.05) is 24.2 Å². The lowest BCUT2D eigenvalue weighted by atomic mass is 10.00. The van der Waals surface area contributed by atoms with Gasteiger partial charge in [-0.2, -0.15) is 0 Å². The Kier molecular flexibility index (Phi) is 10.3. The zero-order chi connectivity index (χ0) is 18.5. The van der Waals surface area contributed by atoms with Gasteiger partial charge in [-0.1, -0.05) is 41.9 Å². The van der Waals surface area contributed by atoms with Gasteiger partial charge in [0.1, 0.15) is 6.10 Å². The van der Waals surface area contributed by atoms with Crippen LogP contribution in [0.4, 0.5) is 0 Å². The smallest absolute Gasteiger partial charge is 0.338 e. The molecule has 1 saturated heterocycles. The number of ether oxygens (including phenoxy) is 1. The Balaban J connectivity index is 0.00000196. The molecule has 2 aromatic rings. The van der Waals surface area contributed by atoms with E-state index in [1.165, 1.54) is 5.56 Å². The summed E-state index contributed by atoms with van der Waals surface area (Å²) in [7, 11) is 2.09. The van der Waals surface area contributed by atoms with Crippen molar-refractivity contribution in [2.45, 2.75) is 31.5 Å². The number of hydrogen-bond donors (Lipinski definition) is 1. The average molecular weight is 446 g/mol. The summed E-state index contributed by atoms with van der Waals surface area (Å²) in [6.45, 7) is 3.65. The third kappa shape index (κ3) is 6.64. The lowest BCUT2D eigenvalue weighted by Crippen LogP contribution is -2.59. The predicted octanol–water partition coefficient (Wildman–Crippen LogP) is 4.24. The summed E-state index contributed by atoms with van der Waals surface area (Å²) in [5.41, 5.74) is 1.86. The quantitative estimate of drug-likeness (QED) is 0.699. The molecule has 4 nitrogen and oxygen atoms in total. The molecule has 0 unspecified atom stereocenters. The van der Waals surface area contributed by atoms with E-state index < -0.39 is 0 Å². The first-order valence-corrected chi connectivity index (χ1v) is 9.35. The number of carbonyl (C=O) groups excluding carboxylic acids is 1. The van der Waals surface area contributed by atoms with Crippen LogP contribution in [0.1, 0.15) is 22.8 Å². The molecule has 1 heterocycles. The minimum atomic E-state index is -0.269. The molecule has 1 aliphatic rings. The van der Waals surface area contributed by atoms with Crippen molar-refractivity contribution < 1.29 is 9.53 Å². The van der Waals surface area contributed by atoms with Gasteiger partial charge in [-0.25, -0.2) is 4.79 Å². The molecule has 0 aromatic heterocycles. The van der Waals surface area contributed by atoms with E-state index in [2.05, 4.69) is 29.4 Å². The topological polar surface area (TPSA) is 41.6 Å². The van der Waals surface area contributed by atoms with Gasteiger partial charge in [0.25, 0.3) is 0 Å². The molecule has 1 aliphatic heterocycles. The number of esters is 1. The molecule has 0 saturated carbocycles. The summed E-state index contributed by atoms with van der Waals surface area (Å²) in [5, 5.41) is 4.35. The third-order valence-corrected chi connectivity index (χ3v) is 5.18. The Hall–Kier alpha value is -1.30. The van der Waals surface area contributed by atoms with E-state index in [9.17, 15) is 4.79 Å². The van der Waals surface area contributed by atoms with Crippen molar-refractivity contribution in [1.29, 1.82) is 0 Å². The van der Waals surface area contributed by atoms with Crippen LogP contribution in [0, 0.1) is 0 Å². The predicted molar refractivity (Wildman–Crippen MR) is 119 cm³/mol. The summed E-state index contributed by atoms with van der Waals surface area (Å²) in [6.07, 6.45) is 0.767. The highest BCUT2D eigenvalue weighted by Crippen LogP contribution is 2.17. The second-order valence-corrected chi connectivity index (χ2v) is 7.36. The molecule has 1 fully saturated rings. The number of likely N-dealkylation sites (N-methyl/N-ethyl adjacent to an activating group) is 1. The lowest BCUT2D eigenvalue weighted by molar-refractivity contribution is 0.000324. The number of piperazine rings is 1. The Morgan fingerprint density at radius 2 is 1.82 bits per heavy atom. The fourth-order valence-electron chi connectivity index (χ4n) is 3.45. The van der Waals surface area contributed by atoms with Gasteiger partial charge in [0.15, 0.2) is 0 Å². The molecular formula is C21H27Cl3N2O2. The highest BCUT2D eigenvalue weighted by molar-refractivity contribution is 6.30. The minimum Gasteiger partial charge on any atom is -0.457 e. The second kappa shape index (κ2) is 11.6. The zero-order valence-corrected chi connectivity index (χ0v) is 18.4. The summed E-state index contributed by atoms with van der Waals surface area (Å²) in [4.78, 5) is 14.5. The average Bonchev–Trinajstić information content (AvgIpc) is 2.64. The van der Waals surface area contributed by atoms with Crippen LogP contribution in [0.15, 0.2) is 54.6 Å². The van der Waals surface area contributed by atoms with Crippen LogP contribution in [-0.4, -0.2) is 49.2 Å². The van der Waals surface area contributed by atoms with Crippen molar-refractivity contribution in [3.8, 4) is 0 Å². The van der Waals surface area contributed by atoms with Gasteiger partial charge in [0.2, 0.25) is 0 Å². The number of hydrogen-bond acceptors (Lipinski definition) is 4. The van der Waals surface area contributed by atoms with Gasteiger partial charge in [-0.15, -0.1) is 24.8 Å². The first-order chi connectivity index (χ1) is 12.5.